The number of benzene rings is 1. The summed E-state index contributed by atoms with van der Waals surface area (Å²) in [5.41, 5.74) is 1.35. The van der Waals surface area contributed by atoms with Crippen LogP contribution in [0.2, 0.25) is 0 Å². The monoisotopic (exact) mass is 508 g/mol. The normalized spacial score (nSPS) is 12.1. The van der Waals surface area contributed by atoms with E-state index in [9.17, 15) is 21.6 Å². The Kier molecular flexibility index (Phi) is 6.58. The lowest BCUT2D eigenvalue weighted by Gasteiger charge is -2.09. The minimum Gasteiger partial charge on any atom is -0.471 e. The van der Waals surface area contributed by atoms with E-state index in [1.165, 1.54) is 17.9 Å². The first-order valence-corrected chi connectivity index (χ1v) is 11.7. The van der Waals surface area contributed by atoms with E-state index in [0.29, 0.717) is 28.6 Å². The van der Waals surface area contributed by atoms with E-state index in [0.717, 1.165) is 12.1 Å². The van der Waals surface area contributed by atoms with E-state index in [1.54, 1.807) is 31.3 Å². The number of alkyl halides is 3. The number of nitrogens with zero attached hydrogens (tertiary/aromatic N) is 5. The van der Waals surface area contributed by atoms with E-state index < -0.39 is 21.8 Å². The number of ether oxygens (including phenoxy) is 1. The van der Waals surface area contributed by atoms with Crippen LogP contribution in [0, 0.1) is 0 Å². The lowest BCUT2D eigenvalue weighted by molar-refractivity contribution is -0.137. The fraction of sp³-hybridized carbons (Fsp3) is 0.238. The predicted octanol–water partition coefficient (Wildman–Crippen LogP) is 3.18. The second kappa shape index (κ2) is 9.46. The van der Waals surface area contributed by atoms with Crippen LogP contribution in [-0.4, -0.2) is 40.4 Å². The van der Waals surface area contributed by atoms with Gasteiger partial charge in [0.25, 0.3) is 5.89 Å². The molecule has 1 N–H and O–H groups in total. The van der Waals surface area contributed by atoms with Gasteiger partial charge in [-0.05, 0) is 18.7 Å². The van der Waals surface area contributed by atoms with Gasteiger partial charge in [0.05, 0.1) is 28.8 Å². The molecule has 0 atom stereocenters. The Bertz CT molecular complexity index is 1410. The summed E-state index contributed by atoms with van der Waals surface area (Å²) in [6.07, 6.45) is -2.29. The number of rotatable bonds is 8. The van der Waals surface area contributed by atoms with Crippen molar-refractivity contribution in [1.82, 2.24) is 29.6 Å². The van der Waals surface area contributed by atoms with Crippen molar-refractivity contribution in [3.8, 4) is 28.7 Å². The SMILES string of the molecule is CNS(=O)(=O)Cc1ccc(-c2noc(-c3cnn(C)c3COc3ccc(C(F)(F)F)cn3)n2)cc1. The van der Waals surface area contributed by atoms with Gasteiger partial charge >= 0.3 is 6.18 Å². The molecule has 0 fully saturated rings. The zero-order valence-corrected chi connectivity index (χ0v) is 19.3. The molecule has 0 radical (unpaired) electrons. The summed E-state index contributed by atoms with van der Waals surface area (Å²) < 4.78 is 76.2. The average Bonchev–Trinajstić information content (AvgIpc) is 3.44. The lowest BCUT2D eigenvalue weighted by atomic mass is 10.1. The first-order chi connectivity index (χ1) is 16.6. The average molecular weight is 508 g/mol. The molecule has 10 nitrogen and oxygen atoms in total. The van der Waals surface area contributed by atoms with Gasteiger partial charge in [-0.1, -0.05) is 29.4 Å². The van der Waals surface area contributed by atoms with Crippen LogP contribution in [0.25, 0.3) is 22.8 Å². The lowest BCUT2D eigenvalue weighted by Crippen LogP contribution is -2.20. The van der Waals surface area contributed by atoms with E-state index in [-0.39, 0.29) is 30.0 Å². The zero-order valence-electron chi connectivity index (χ0n) is 18.4. The van der Waals surface area contributed by atoms with Crippen molar-refractivity contribution in [1.29, 1.82) is 0 Å². The summed E-state index contributed by atoms with van der Waals surface area (Å²) in [7, 11) is -0.380. The topological polar surface area (TPSA) is 125 Å². The van der Waals surface area contributed by atoms with Gasteiger partial charge in [0.1, 0.15) is 6.61 Å². The van der Waals surface area contributed by atoms with Crippen LogP contribution in [0.4, 0.5) is 13.2 Å². The number of hydrogen-bond acceptors (Lipinski definition) is 8. The largest absolute Gasteiger partial charge is 0.471 e. The van der Waals surface area contributed by atoms with Gasteiger partial charge in [-0.25, -0.2) is 18.1 Å². The molecule has 0 saturated heterocycles. The van der Waals surface area contributed by atoms with Crippen LogP contribution in [0.1, 0.15) is 16.8 Å². The third kappa shape index (κ3) is 5.66. The van der Waals surface area contributed by atoms with Crippen molar-refractivity contribution in [2.24, 2.45) is 7.05 Å². The minimum absolute atomic E-state index is 0.0109. The number of hydrogen-bond donors (Lipinski definition) is 1. The highest BCUT2D eigenvalue weighted by Gasteiger charge is 2.30. The molecule has 1 aromatic carbocycles. The number of pyridine rings is 1. The molecule has 4 aromatic rings. The third-order valence-corrected chi connectivity index (χ3v) is 6.35. The first kappa shape index (κ1) is 24.3. The molecule has 0 bridgehead atoms. The fourth-order valence-electron chi connectivity index (χ4n) is 3.08. The molecule has 0 unspecified atom stereocenters. The predicted molar refractivity (Wildman–Crippen MR) is 117 cm³/mol. The van der Waals surface area contributed by atoms with E-state index >= 15 is 0 Å². The molecule has 0 aliphatic rings. The standard InChI is InChI=1S/C21H19F3N6O4S/c1-25-35(31,32)12-13-3-5-14(6-4-13)19-28-20(34-29-19)16-10-27-30(2)17(16)11-33-18-8-7-15(9-26-18)21(22,23)24/h3-10,25H,11-12H2,1-2H3. The molecular weight excluding hydrogens is 489 g/mol. The Morgan fingerprint density at radius 3 is 2.49 bits per heavy atom. The summed E-state index contributed by atoms with van der Waals surface area (Å²) in [4.78, 5) is 8.07. The van der Waals surface area contributed by atoms with E-state index in [4.69, 9.17) is 9.26 Å². The molecule has 35 heavy (non-hydrogen) atoms. The van der Waals surface area contributed by atoms with Gasteiger partial charge in [0, 0.05) is 24.9 Å². The maximum absolute atomic E-state index is 12.7. The Morgan fingerprint density at radius 2 is 1.86 bits per heavy atom. The highest BCUT2D eigenvalue weighted by Crippen LogP contribution is 2.30. The molecule has 4 rings (SSSR count). The van der Waals surface area contributed by atoms with Crippen LogP contribution in [0.5, 0.6) is 5.88 Å². The van der Waals surface area contributed by atoms with Crippen LogP contribution >= 0.6 is 0 Å². The summed E-state index contributed by atoms with van der Waals surface area (Å²) in [6.45, 7) is -0.0590. The summed E-state index contributed by atoms with van der Waals surface area (Å²) >= 11 is 0. The quantitative estimate of drug-likeness (QED) is 0.385. The minimum atomic E-state index is -4.48. The van der Waals surface area contributed by atoms with Gasteiger partial charge in [-0.15, -0.1) is 0 Å². The molecule has 0 aliphatic heterocycles. The van der Waals surface area contributed by atoms with Gasteiger partial charge in [0.15, 0.2) is 0 Å². The number of halogens is 3. The van der Waals surface area contributed by atoms with Crippen LogP contribution < -0.4 is 9.46 Å². The maximum Gasteiger partial charge on any atom is 0.417 e. The maximum atomic E-state index is 12.7. The molecule has 3 heterocycles. The molecule has 0 spiro atoms. The number of nitrogens with one attached hydrogen (secondary N) is 1. The highest BCUT2D eigenvalue weighted by molar-refractivity contribution is 7.88. The molecule has 0 saturated carbocycles. The molecular formula is C21H19F3N6O4S. The molecule has 0 amide bonds. The second-order valence-corrected chi connectivity index (χ2v) is 9.31. The smallest absolute Gasteiger partial charge is 0.417 e. The number of aromatic nitrogens is 5. The van der Waals surface area contributed by atoms with Crippen molar-refractivity contribution >= 4 is 10.0 Å². The molecule has 3 aromatic heterocycles. The third-order valence-electron chi connectivity index (χ3n) is 5.02. The summed E-state index contributed by atoms with van der Waals surface area (Å²) in [5.74, 6) is 0.294. The Morgan fingerprint density at radius 1 is 1.11 bits per heavy atom. The van der Waals surface area contributed by atoms with Crippen molar-refractivity contribution in [2.75, 3.05) is 7.05 Å². The van der Waals surface area contributed by atoms with Crippen molar-refractivity contribution in [2.45, 2.75) is 18.5 Å². The van der Waals surface area contributed by atoms with Gasteiger partial charge in [0.2, 0.25) is 21.7 Å². The van der Waals surface area contributed by atoms with Crippen LogP contribution in [-0.2, 0) is 35.6 Å². The Hall–Kier alpha value is -3.78. The first-order valence-electron chi connectivity index (χ1n) is 10.1. The van der Waals surface area contributed by atoms with E-state index in [2.05, 4.69) is 24.9 Å². The molecule has 0 aliphatic carbocycles. The Balaban J connectivity index is 1.49. The van der Waals surface area contributed by atoms with Crippen molar-refractivity contribution in [3.05, 3.63) is 65.6 Å². The zero-order chi connectivity index (χ0) is 25.2. The van der Waals surface area contributed by atoms with Gasteiger partial charge in [-0.3, -0.25) is 4.68 Å². The Labute approximate surface area is 197 Å². The van der Waals surface area contributed by atoms with Gasteiger partial charge < -0.3 is 9.26 Å². The highest BCUT2D eigenvalue weighted by atomic mass is 32.2. The second-order valence-electron chi connectivity index (χ2n) is 7.38. The molecule has 184 valence electrons. The molecule has 14 heteroatoms. The van der Waals surface area contributed by atoms with Crippen molar-refractivity contribution < 1.29 is 30.8 Å². The van der Waals surface area contributed by atoms with Crippen LogP contribution in [0.15, 0.2) is 53.3 Å². The van der Waals surface area contributed by atoms with Gasteiger partial charge in [-0.2, -0.15) is 23.3 Å². The number of sulfonamides is 1. The fourth-order valence-corrected chi connectivity index (χ4v) is 3.86. The van der Waals surface area contributed by atoms with E-state index in [1.807, 2.05) is 0 Å². The summed E-state index contributed by atoms with van der Waals surface area (Å²) in [6, 6.07) is 8.68. The van der Waals surface area contributed by atoms with Crippen LogP contribution in [0.3, 0.4) is 0 Å². The number of aryl methyl sites for hydroxylation is 1. The summed E-state index contributed by atoms with van der Waals surface area (Å²) in [5, 5.41) is 8.14. The van der Waals surface area contributed by atoms with Crippen molar-refractivity contribution in [3.63, 3.8) is 0 Å².